The van der Waals surface area contributed by atoms with E-state index in [0.717, 1.165) is 64.2 Å². The van der Waals surface area contributed by atoms with Crippen molar-refractivity contribution >= 4 is 13.7 Å². The lowest BCUT2D eigenvalue weighted by Crippen LogP contribution is -2.51. The molecule has 0 aromatic heterocycles. The van der Waals surface area contributed by atoms with Crippen LogP contribution >= 0.6 is 7.82 Å². The van der Waals surface area contributed by atoms with Crippen molar-refractivity contribution in [3.63, 3.8) is 0 Å². The van der Waals surface area contributed by atoms with E-state index < -0.39 is 32.7 Å². The zero-order chi connectivity index (χ0) is 38.8. The van der Waals surface area contributed by atoms with Gasteiger partial charge in [-0.25, -0.2) is 4.57 Å². The smallest absolute Gasteiger partial charge is 0.390 e. The van der Waals surface area contributed by atoms with Crippen molar-refractivity contribution < 1.29 is 38.0 Å². The van der Waals surface area contributed by atoms with E-state index in [4.69, 9.17) is 9.05 Å². The quantitative estimate of drug-likeness (QED) is 0.0217. The van der Waals surface area contributed by atoms with Crippen molar-refractivity contribution in [3.05, 3.63) is 48.6 Å². The van der Waals surface area contributed by atoms with Crippen molar-refractivity contribution in [2.24, 2.45) is 0 Å². The van der Waals surface area contributed by atoms with Crippen LogP contribution in [0.4, 0.5) is 0 Å². The molecule has 0 saturated carbocycles. The molecule has 10 heteroatoms. The first kappa shape index (κ1) is 50.4. The van der Waals surface area contributed by atoms with Crippen LogP contribution in [-0.2, 0) is 18.4 Å². The minimum Gasteiger partial charge on any atom is -0.390 e. The molecule has 4 atom stereocenters. The van der Waals surface area contributed by atoms with Gasteiger partial charge in [0, 0.05) is 6.42 Å². The minimum absolute atomic E-state index is 0.00906. The molecule has 4 unspecified atom stereocenters. The summed E-state index contributed by atoms with van der Waals surface area (Å²) in [6.45, 7) is 4.49. The maximum Gasteiger partial charge on any atom is 0.472 e. The van der Waals surface area contributed by atoms with Gasteiger partial charge in [-0.15, -0.1) is 0 Å². The molecule has 0 aromatic carbocycles. The Morgan fingerprint density at radius 2 is 1.15 bits per heavy atom. The third-order valence-corrected chi connectivity index (χ3v) is 9.85. The van der Waals surface area contributed by atoms with Crippen LogP contribution in [0.2, 0.25) is 0 Å². The summed E-state index contributed by atoms with van der Waals surface area (Å²) in [5.41, 5.74) is 0. The summed E-state index contributed by atoms with van der Waals surface area (Å²) in [6.07, 6.45) is 37.4. The first-order valence-corrected chi connectivity index (χ1v) is 22.1. The molecule has 0 aromatic rings. The second-order valence-corrected chi connectivity index (χ2v) is 16.6. The fraction of sp³-hybridized carbons (Fsp3) is 0.786. The molecule has 0 aliphatic rings. The van der Waals surface area contributed by atoms with E-state index >= 15 is 0 Å². The fourth-order valence-corrected chi connectivity index (χ4v) is 6.22. The number of nitrogens with zero attached hydrogens (tertiary/aromatic N) is 1. The number of aliphatic hydroxyl groups is 2. The number of unbranched alkanes of at least 4 members (excludes halogenated alkanes) is 14. The average molecular weight is 756 g/mol. The number of nitrogens with one attached hydrogen (secondary N) is 1. The Kier molecular flexibility index (Phi) is 32.9. The number of allylic oxidation sites excluding steroid dienone is 8. The van der Waals surface area contributed by atoms with Gasteiger partial charge in [0.1, 0.15) is 19.3 Å². The zero-order valence-corrected chi connectivity index (χ0v) is 34.8. The van der Waals surface area contributed by atoms with E-state index in [9.17, 15) is 24.5 Å². The third kappa shape index (κ3) is 34.2. The molecule has 1 amide bonds. The highest BCUT2D eigenvalue weighted by molar-refractivity contribution is 7.47. The van der Waals surface area contributed by atoms with E-state index in [1.54, 1.807) is 0 Å². The molecule has 0 saturated heterocycles. The number of aliphatic hydroxyl groups excluding tert-OH is 2. The van der Waals surface area contributed by atoms with Gasteiger partial charge in [0.25, 0.3) is 0 Å². The number of amides is 1. The molecular formula is C42H80N2O7P+. The topological polar surface area (TPSA) is 125 Å². The standard InChI is InChI=1S/C42H79N2O7P/c1-6-8-10-12-14-16-18-20-21-22-23-25-27-29-31-33-35-41(46)43-39(38-51-52(48,49)50-37-36-44(3,4)5)42(47)40(45)34-32-30-28-26-24-19-17-15-13-11-9-7-2/h15-18,21-22,26,28,39-40,42,45,47H,6-14,19-20,23-25,27,29-38H2,1-5H3,(H-,43,46,48,49)/p+1/b17-15+,18-16-,22-21-,28-26+. The Hall–Kier alpha value is -1.58. The number of carbonyl (C=O) groups is 1. The van der Waals surface area contributed by atoms with Crippen molar-refractivity contribution in [1.29, 1.82) is 0 Å². The monoisotopic (exact) mass is 756 g/mol. The molecule has 0 aliphatic heterocycles. The highest BCUT2D eigenvalue weighted by atomic mass is 31.2. The maximum atomic E-state index is 12.9. The summed E-state index contributed by atoms with van der Waals surface area (Å²) >= 11 is 0. The van der Waals surface area contributed by atoms with Crippen LogP contribution in [0.25, 0.3) is 0 Å². The van der Waals surface area contributed by atoms with Crippen LogP contribution in [0.1, 0.15) is 155 Å². The number of hydrogen-bond acceptors (Lipinski definition) is 6. The summed E-state index contributed by atoms with van der Waals surface area (Å²) in [5.74, 6) is -0.290. The number of carbonyl (C=O) groups excluding carboxylic acids is 1. The van der Waals surface area contributed by atoms with Crippen molar-refractivity contribution in [1.82, 2.24) is 5.32 Å². The largest absolute Gasteiger partial charge is 0.472 e. The summed E-state index contributed by atoms with van der Waals surface area (Å²) in [4.78, 5) is 23.1. The zero-order valence-electron chi connectivity index (χ0n) is 33.9. The lowest BCUT2D eigenvalue weighted by atomic mass is 10.0. The van der Waals surface area contributed by atoms with Crippen LogP contribution in [0.5, 0.6) is 0 Å². The Morgan fingerprint density at radius 1 is 0.673 bits per heavy atom. The highest BCUT2D eigenvalue weighted by Crippen LogP contribution is 2.43. The van der Waals surface area contributed by atoms with Crippen LogP contribution in [-0.4, -0.2) is 84.6 Å². The van der Waals surface area contributed by atoms with Gasteiger partial charge in [-0.2, -0.15) is 0 Å². The first-order chi connectivity index (χ1) is 24.9. The molecule has 0 spiro atoms. The van der Waals surface area contributed by atoms with E-state index in [-0.39, 0.29) is 18.9 Å². The van der Waals surface area contributed by atoms with Crippen LogP contribution < -0.4 is 5.32 Å². The predicted octanol–water partition coefficient (Wildman–Crippen LogP) is 9.88. The highest BCUT2D eigenvalue weighted by Gasteiger charge is 2.31. The predicted molar refractivity (Wildman–Crippen MR) is 218 cm³/mol. The molecule has 0 heterocycles. The number of hydrogen-bond donors (Lipinski definition) is 4. The molecule has 4 N–H and O–H groups in total. The average Bonchev–Trinajstić information content (AvgIpc) is 3.09. The minimum atomic E-state index is -4.43. The molecule has 0 radical (unpaired) electrons. The second-order valence-electron chi connectivity index (χ2n) is 15.1. The van der Waals surface area contributed by atoms with E-state index in [1.165, 1.54) is 51.4 Å². The molecule has 0 bridgehead atoms. The molecular weight excluding hydrogens is 675 g/mol. The number of phosphoric ester groups is 1. The summed E-state index contributed by atoms with van der Waals surface area (Å²) in [7, 11) is 1.39. The third-order valence-electron chi connectivity index (χ3n) is 8.87. The Balaban J connectivity index is 4.66. The molecule has 9 nitrogen and oxygen atoms in total. The van der Waals surface area contributed by atoms with Crippen molar-refractivity contribution in [3.8, 4) is 0 Å². The maximum absolute atomic E-state index is 12.9. The molecule has 304 valence electrons. The summed E-state index contributed by atoms with van der Waals surface area (Å²) < 4.78 is 23.4. The second kappa shape index (κ2) is 33.9. The van der Waals surface area contributed by atoms with Crippen LogP contribution in [0.3, 0.4) is 0 Å². The van der Waals surface area contributed by atoms with Gasteiger partial charge < -0.3 is 24.9 Å². The normalized spacial score (nSPS) is 15.6. The van der Waals surface area contributed by atoms with Gasteiger partial charge in [0.2, 0.25) is 5.91 Å². The molecule has 52 heavy (non-hydrogen) atoms. The van der Waals surface area contributed by atoms with Gasteiger partial charge in [0.05, 0.1) is 39.9 Å². The van der Waals surface area contributed by atoms with Gasteiger partial charge in [-0.3, -0.25) is 13.8 Å². The number of quaternary nitrogens is 1. The van der Waals surface area contributed by atoms with Crippen molar-refractivity contribution in [2.45, 2.75) is 173 Å². The van der Waals surface area contributed by atoms with Gasteiger partial charge in [-0.1, -0.05) is 114 Å². The SMILES string of the molecule is CCCCC/C=C/CC/C=C/CCCC(O)C(O)C(COP(=O)(O)OCC[N+](C)(C)C)NC(=O)CCCCCCC/C=C\C/C=C\CCCCCC. The molecule has 0 aliphatic carbocycles. The van der Waals surface area contributed by atoms with E-state index in [2.05, 4.69) is 67.8 Å². The molecule has 0 fully saturated rings. The number of rotatable bonds is 36. The van der Waals surface area contributed by atoms with Gasteiger partial charge in [0.15, 0.2) is 0 Å². The van der Waals surface area contributed by atoms with Gasteiger partial charge in [-0.05, 0) is 83.5 Å². The van der Waals surface area contributed by atoms with Crippen LogP contribution in [0, 0.1) is 0 Å². The molecule has 0 rings (SSSR count). The van der Waals surface area contributed by atoms with Crippen molar-refractivity contribution in [2.75, 3.05) is 40.9 Å². The number of phosphoric acid groups is 1. The van der Waals surface area contributed by atoms with E-state index in [1.807, 2.05) is 21.1 Å². The first-order valence-electron chi connectivity index (χ1n) is 20.6. The Labute approximate surface area is 319 Å². The van der Waals surface area contributed by atoms with Gasteiger partial charge >= 0.3 is 7.82 Å². The van der Waals surface area contributed by atoms with E-state index in [0.29, 0.717) is 30.3 Å². The number of likely N-dealkylation sites (N-methyl/N-ethyl adjacent to an activating group) is 1. The lowest BCUT2D eigenvalue weighted by molar-refractivity contribution is -0.870. The fourth-order valence-electron chi connectivity index (χ4n) is 5.48. The summed E-state index contributed by atoms with van der Waals surface area (Å²) in [6, 6.07) is -1.06. The van der Waals surface area contributed by atoms with Crippen LogP contribution in [0.15, 0.2) is 48.6 Å². The summed E-state index contributed by atoms with van der Waals surface area (Å²) in [5, 5.41) is 24.5. The Morgan fingerprint density at radius 3 is 1.75 bits per heavy atom. The Bertz CT molecular complexity index is 1010. The lowest BCUT2D eigenvalue weighted by Gasteiger charge is -2.28.